The van der Waals surface area contributed by atoms with E-state index in [2.05, 4.69) is 6.07 Å². The minimum Gasteiger partial charge on any atom is -0.495 e. The second-order valence-corrected chi connectivity index (χ2v) is 10.2. The van der Waals surface area contributed by atoms with E-state index in [0.717, 1.165) is 16.7 Å². The van der Waals surface area contributed by atoms with E-state index in [0.29, 0.717) is 46.1 Å². The van der Waals surface area contributed by atoms with Crippen LogP contribution in [0.25, 0.3) is 17.2 Å². The summed E-state index contributed by atoms with van der Waals surface area (Å²) in [5.74, 6) is -0.290. The number of methoxy groups -OCH3 is 1. The third-order valence-electron chi connectivity index (χ3n) is 6.75. The lowest BCUT2D eigenvalue weighted by Gasteiger charge is -2.24. The highest BCUT2D eigenvalue weighted by molar-refractivity contribution is 6.31. The molecule has 2 aromatic carbocycles. The van der Waals surface area contributed by atoms with Crippen molar-refractivity contribution in [3.8, 4) is 22.9 Å². The molecular formula is C31H29ClN2O5. The number of halogens is 1. The molecule has 4 rings (SSSR count). The third-order valence-corrected chi connectivity index (χ3v) is 6.99. The van der Waals surface area contributed by atoms with Gasteiger partial charge in [-0.2, -0.15) is 5.26 Å². The molecule has 0 saturated carbocycles. The summed E-state index contributed by atoms with van der Waals surface area (Å²) in [6, 6.07) is 13.3. The van der Waals surface area contributed by atoms with E-state index < -0.39 is 6.04 Å². The van der Waals surface area contributed by atoms with Crippen LogP contribution in [0.4, 0.5) is 0 Å². The molecule has 1 aromatic heterocycles. The maximum absolute atomic E-state index is 13.6. The summed E-state index contributed by atoms with van der Waals surface area (Å²) >= 11 is 6.17. The summed E-state index contributed by atoms with van der Waals surface area (Å²) in [7, 11) is 1.47. The van der Waals surface area contributed by atoms with Gasteiger partial charge in [0.2, 0.25) is 0 Å². The highest BCUT2D eigenvalue weighted by Crippen LogP contribution is 2.34. The fourth-order valence-corrected chi connectivity index (χ4v) is 5.14. The van der Waals surface area contributed by atoms with E-state index in [9.17, 15) is 19.6 Å². The molecule has 1 heterocycles. The number of ether oxygens (including phenoxy) is 2. The normalized spacial score (nSPS) is 12.9. The largest absolute Gasteiger partial charge is 0.495 e. The van der Waals surface area contributed by atoms with Gasteiger partial charge in [0.15, 0.2) is 5.78 Å². The zero-order valence-corrected chi connectivity index (χ0v) is 23.0. The van der Waals surface area contributed by atoms with Crippen molar-refractivity contribution in [2.75, 3.05) is 13.7 Å². The second-order valence-electron chi connectivity index (χ2n) is 9.73. The molecule has 0 aliphatic heterocycles. The Hall–Kier alpha value is -4.15. The van der Waals surface area contributed by atoms with E-state index in [1.54, 1.807) is 25.1 Å². The molecule has 7 nitrogen and oxygen atoms in total. The molecule has 1 atom stereocenters. The molecule has 0 saturated heterocycles. The van der Waals surface area contributed by atoms with Gasteiger partial charge >= 0.3 is 5.97 Å². The number of Topliss-reactive ketones (excluding diaryl/α,β-unsaturated/α-hetero) is 1. The van der Waals surface area contributed by atoms with E-state index in [-0.39, 0.29) is 29.7 Å². The standard InChI is InChI=1S/C31H29ClN2O5/c1-5-39-31(37)23-12-20-7-6-19(10-22(20)13-23)11-27(35)30(18(2)3)34-17-28(38-4)26(15-29(34)36)25-14-24(32)9-8-21(25)16-33/h6-10,12,14-15,17-18,30H,5,11,13H2,1-4H3. The lowest BCUT2D eigenvalue weighted by molar-refractivity contribution is -0.138. The van der Waals surface area contributed by atoms with Crippen LogP contribution in [-0.2, 0) is 27.2 Å². The number of rotatable bonds is 9. The summed E-state index contributed by atoms with van der Waals surface area (Å²) in [6.07, 6.45) is 3.92. The molecule has 0 N–H and O–H groups in total. The number of pyridine rings is 1. The number of nitrogens with zero attached hydrogens (tertiary/aromatic N) is 2. The topological polar surface area (TPSA) is 98.4 Å². The number of carbonyl (C=O) groups is 2. The lowest BCUT2D eigenvalue weighted by Crippen LogP contribution is -2.33. The van der Waals surface area contributed by atoms with E-state index in [1.165, 1.54) is 23.9 Å². The Labute approximate surface area is 232 Å². The van der Waals surface area contributed by atoms with Crippen LogP contribution in [0, 0.1) is 17.2 Å². The molecule has 39 heavy (non-hydrogen) atoms. The van der Waals surface area contributed by atoms with E-state index in [4.69, 9.17) is 21.1 Å². The van der Waals surface area contributed by atoms with Crippen LogP contribution in [0.5, 0.6) is 5.75 Å². The maximum Gasteiger partial charge on any atom is 0.334 e. The van der Waals surface area contributed by atoms with Gasteiger partial charge in [0, 0.05) is 40.6 Å². The van der Waals surface area contributed by atoms with Gasteiger partial charge in [0.05, 0.1) is 37.6 Å². The molecule has 1 unspecified atom stereocenters. The van der Waals surface area contributed by atoms with Crippen molar-refractivity contribution in [2.24, 2.45) is 5.92 Å². The smallest absolute Gasteiger partial charge is 0.334 e. The number of fused-ring (bicyclic) bond motifs is 1. The predicted octanol–water partition coefficient (Wildman–Crippen LogP) is 5.56. The fourth-order valence-electron chi connectivity index (χ4n) is 4.97. The van der Waals surface area contributed by atoms with Crippen LogP contribution in [0.3, 0.4) is 0 Å². The van der Waals surface area contributed by atoms with Crippen LogP contribution in [0.15, 0.2) is 59.0 Å². The lowest BCUT2D eigenvalue weighted by atomic mass is 9.93. The first-order valence-electron chi connectivity index (χ1n) is 12.7. The molecule has 0 radical (unpaired) electrons. The first-order valence-corrected chi connectivity index (χ1v) is 13.1. The van der Waals surface area contributed by atoms with Gasteiger partial charge in [-0.25, -0.2) is 4.79 Å². The third kappa shape index (κ3) is 5.81. The van der Waals surface area contributed by atoms with Crippen molar-refractivity contribution in [3.05, 3.63) is 91.9 Å². The van der Waals surface area contributed by atoms with Gasteiger partial charge in [-0.1, -0.05) is 43.6 Å². The molecule has 1 aliphatic rings. The zero-order chi connectivity index (χ0) is 28.3. The zero-order valence-electron chi connectivity index (χ0n) is 22.3. The van der Waals surface area contributed by atoms with Gasteiger partial charge in [0.1, 0.15) is 5.75 Å². The first kappa shape index (κ1) is 27.9. The van der Waals surface area contributed by atoms with Crippen LogP contribution in [-0.4, -0.2) is 30.0 Å². The Bertz CT molecular complexity index is 1580. The second kappa shape index (κ2) is 11.7. The molecule has 0 fully saturated rings. The van der Waals surface area contributed by atoms with Crippen LogP contribution in [0.2, 0.25) is 5.02 Å². The number of nitriles is 1. The fraction of sp³-hybridized carbons (Fsp3) is 0.290. The average Bonchev–Trinajstić information content (AvgIpc) is 3.33. The number of carbonyl (C=O) groups excluding carboxylic acids is 2. The molecule has 8 heteroatoms. The highest BCUT2D eigenvalue weighted by Gasteiger charge is 2.27. The number of benzene rings is 2. The van der Waals surface area contributed by atoms with Crippen LogP contribution < -0.4 is 10.3 Å². The molecular weight excluding hydrogens is 516 g/mol. The van der Waals surface area contributed by atoms with Crippen molar-refractivity contribution in [3.63, 3.8) is 0 Å². The Kier molecular flexibility index (Phi) is 8.37. The first-order chi connectivity index (χ1) is 18.7. The molecule has 1 aliphatic carbocycles. The van der Waals surface area contributed by atoms with Crippen molar-refractivity contribution in [1.29, 1.82) is 5.26 Å². The summed E-state index contributed by atoms with van der Waals surface area (Å²) in [4.78, 5) is 39.1. The Morgan fingerprint density at radius 1 is 1.13 bits per heavy atom. The molecule has 200 valence electrons. The van der Waals surface area contributed by atoms with E-state index in [1.807, 2.05) is 38.1 Å². The molecule has 0 spiro atoms. The molecule has 0 bridgehead atoms. The number of hydrogen-bond donors (Lipinski definition) is 0. The van der Waals surface area contributed by atoms with Gasteiger partial charge in [0.25, 0.3) is 5.56 Å². The molecule has 3 aromatic rings. The summed E-state index contributed by atoms with van der Waals surface area (Å²) < 4.78 is 12.1. The van der Waals surface area contributed by atoms with Crippen molar-refractivity contribution < 1.29 is 19.1 Å². The predicted molar refractivity (Wildman–Crippen MR) is 150 cm³/mol. The summed E-state index contributed by atoms with van der Waals surface area (Å²) in [6.45, 7) is 5.86. The SMILES string of the molecule is CCOC(=O)C1=Cc2ccc(CC(=O)C(C(C)C)n3cc(OC)c(-c4cc(Cl)ccc4C#N)cc3=O)cc2C1. The van der Waals surface area contributed by atoms with Crippen molar-refractivity contribution in [2.45, 2.75) is 39.7 Å². The number of esters is 1. The Morgan fingerprint density at radius 3 is 2.56 bits per heavy atom. The van der Waals surface area contributed by atoms with Gasteiger partial charge in [-0.3, -0.25) is 9.59 Å². The Morgan fingerprint density at radius 2 is 1.90 bits per heavy atom. The summed E-state index contributed by atoms with van der Waals surface area (Å²) in [5, 5.41) is 9.99. The highest BCUT2D eigenvalue weighted by atomic mass is 35.5. The average molecular weight is 545 g/mol. The molecule has 0 amide bonds. The Balaban J connectivity index is 1.64. The number of aromatic nitrogens is 1. The van der Waals surface area contributed by atoms with E-state index >= 15 is 0 Å². The van der Waals surface area contributed by atoms with Crippen LogP contribution >= 0.6 is 11.6 Å². The van der Waals surface area contributed by atoms with Crippen molar-refractivity contribution >= 4 is 29.4 Å². The minimum absolute atomic E-state index is 0.119. The summed E-state index contributed by atoms with van der Waals surface area (Å²) in [5.41, 5.74) is 4.16. The minimum atomic E-state index is -0.739. The van der Waals surface area contributed by atoms with Gasteiger partial charge in [-0.15, -0.1) is 0 Å². The van der Waals surface area contributed by atoms with Crippen molar-refractivity contribution in [1.82, 2.24) is 4.57 Å². The van der Waals surface area contributed by atoms with Crippen LogP contribution in [0.1, 0.15) is 49.1 Å². The van der Waals surface area contributed by atoms with Gasteiger partial charge < -0.3 is 14.0 Å². The maximum atomic E-state index is 13.6. The number of ketones is 1. The number of hydrogen-bond acceptors (Lipinski definition) is 6. The quantitative estimate of drug-likeness (QED) is 0.327. The van der Waals surface area contributed by atoms with Gasteiger partial charge in [-0.05, 0) is 53.8 Å². The monoisotopic (exact) mass is 544 g/mol.